The van der Waals surface area contributed by atoms with Crippen LogP contribution in [-0.2, 0) is 0 Å². The van der Waals surface area contributed by atoms with Gasteiger partial charge in [-0.05, 0) is 31.2 Å². The molecule has 0 saturated carbocycles. The van der Waals surface area contributed by atoms with E-state index in [0.717, 1.165) is 32.4 Å². The monoisotopic (exact) mass is 198 g/mol. The Kier molecular flexibility index (Phi) is 7.45. The summed E-state index contributed by atoms with van der Waals surface area (Å²) >= 11 is 0. The van der Waals surface area contributed by atoms with Crippen molar-refractivity contribution < 1.29 is 5.11 Å². The van der Waals surface area contributed by atoms with Crippen LogP contribution in [0.4, 0.5) is 0 Å². The zero-order valence-corrected chi connectivity index (χ0v) is 9.34. The Hall–Kier alpha value is -0.590. The van der Waals surface area contributed by atoms with E-state index in [2.05, 4.69) is 25.2 Å². The maximum atomic E-state index is 8.81. The van der Waals surface area contributed by atoms with Gasteiger partial charge in [-0.2, -0.15) is 5.26 Å². The van der Waals surface area contributed by atoms with Gasteiger partial charge in [0.05, 0.1) is 6.07 Å². The van der Waals surface area contributed by atoms with Gasteiger partial charge in [0.2, 0.25) is 0 Å². The van der Waals surface area contributed by atoms with E-state index >= 15 is 0 Å². The highest BCUT2D eigenvalue weighted by atomic mass is 16.3. The fraction of sp³-hybridized carbons (Fsp3) is 0.909. The summed E-state index contributed by atoms with van der Waals surface area (Å²) in [5.74, 6) is 0. The van der Waals surface area contributed by atoms with E-state index in [4.69, 9.17) is 10.4 Å². The first-order chi connectivity index (χ1) is 6.62. The molecule has 0 aliphatic heterocycles. The SMILES string of the molecule is CC(C)(CCO)CNCCCCC#N. The molecule has 0 radical (unpaired) electrons. The van der Waals surface area contributed by atoms with Crippen molar-refractivity contribution in [3.05, 3.63) is 0 Å². The van der Waals surface area contributed by atoms with E-state index in [1.165, 1.54) is 0 Å². The van der Waals surface area contributed by atoms with Crippen molar-refractivity contribution in [2.24, 2.45) is 5.41 Å². The standard InChI is InChI=1S/C11H22N2O/c1-11(2,6-9-14)10-13-8-5-3-4-7-12/h13-14H,3-6,8-10H2,1-2H3. The Morgan fingerprint density at radius 1 is 1.36 bits per heavy atom. The Balaban J connectivity index is 3.31. The van der Waals surface area contributed by atoms with Crippen LogP contribution in [0.3, 0.4) is 0 Å². The normalized spacial score (nSPS) is 11.3. The number of unbranched alkanes of at least 4 members (excludes halogenated alkanes) is 2. The van der Waals surface area contributed by atoms with Crippen LogP contribution in [-0.4, -0.2) is 24.8 Å². The Bertz CT molecular complexity index is 173. The molecule has 0 fully saturated rings. The first-order valence-corrected chi connectivity index (χ1v) is 5.31. The predicted molar refractivity (Wildman–Crippen MR) is 57.8 cm³/mol. The molecule has 3 nitrogen and oxygen atoms in total. The van der Waals surface area contributed by atoms with Gasteiger partial charge in [0.1, 0.15) is 0 Å². The third-order valence-electron chi connectivity index (χ3n) is 2.28. The maximum Gasteiger partial charge on any atom is 0.0621 e. The molecule has 0 aromatic rings. The van der Waals surface area contributed by atoms with E-state index in [0.29, 0.717) is 6.42 Å². The van der Waals surface area contributed by atoms with E-state index in [-0.39, 0.29) is 12.0 Å². The number of nitrogens with zero attached hydrogens (tertiary/aromatic N) is 1. The summed E-state index contributed by atoms with van der Waals surface area (Å²) in [6.07, 6.45) is 3.52. The van der Waals surface area contributed by atoms with E-state index in [9.17, 15) is 0 Å². The van der Waals surface area contributed by atoms with Gasteiger partial charge in [-0.15, -0.1) is 0 Å². The second kappa shape index (κ2) is 7.78. The van der Waals surface area contributed by atoms with E-state index < -0.39 is 0 Å². The largest absolute Gasteiger partial charge is 0.396 e. The van der Waals surface area contributed by atoms with Gasteiger partial charge in [-0.1, -0.05) is 13.8 Å². The zero-order chi connectivity index (χ0) is 10.9. The summed E-state index contributed by atoms with van der Waals surface area (Å²) in [7, 11) is 0. The molecule has 0 aliphatic rings. The summed E-state index contributed by atoms with van der Waals surface area (Å²) in [5, 5.41) is 20.5. The highest BCUT2D eigenvalue weighted by molar-refractivity contribution is 4.72. The van der Waals surface area contributed by atoms with Crippen LogP contribution in [0.15, 0.2) is 0 Å². The summed E-state index contributed by atoms with van der Waals surface area (Å²) in [6, 6.07) is 2.13. The molecular formula is C11H22N2O. The molecule has 14 heavy (non-hydrogen) atoms. The molecule has 0 rings (SSSR count). The number of nitrogens with one attached hydrogen (secondary N) is 1. The summed E-state index contributed by atoms with van der Waals surface area (Å²) in [6.45, 7) is 6.44. The molecule has 0 aromatic heterocycles. The fourth-order valence-corrected chi connectivity index (χ4v) is 1.27. The molecule has 0 atom stereocenters. The van der Waals surface area contributed by atoms with Crippen LogP contribution in [0, 0.1) is 16.7 Å². The Labute approximate surface area is 87.1 Å². The Morgan fingerprint density at radius 2 is 2.07 bits per heavy atom. The van der Waals surface area contributed by atoms with Crippen molar-refractivity contribution in [2.45, 2.75) is 39.5 Å². The molecule has 0 heterocycles. The summed E-state index contributed by atoms with van der Waals surface area (Å²) in [5.41, 5.74) is 0.171. The maximum absolute atomic E-state index is 8.81. The minimum absolute atomic E-state index is 0.171. The molecular weight excluding hydrogens is 176 g/mol. The fourth-order valence-electron chi connectivity index (χ4n) is 1.27. The first-order valence-electron chi connectivity index (χ1n) is 5.31. The average Bonchev–Trinajstić information content (AvgIpc) is 2.11. The number of hydrogen-bond donors (Lipinski definition) is 2. The molecule has 0 amide bonds. The summed E-state index contributed by atoms with van der Waals surface area (Å²) < 4.78 is 0. The number of hydrogen-bond acceptors (Lipinski definition) is 3. The van der Waals surface area contributed by atoms with Crippen LogP contribution in [0.2, 0.25) is 0 Å². The van der Waals surface area contributed by atoms with Crippen molar-refractivity contribution in [1.82, 2.24) is 5.32 Å². The molecule has 2 N–H and O–H groups in total. The number of rotatable bonds is 8. The highest BCUT2D eigenvalue weighted by Gasteiger charge is 2.15. The van der Waals surface area contributed by atoms with Crippen molar-refractivity contribution in [3.8, 4) is 6.07 Å². The van der Waals surface area contributed by atoms with Crippen LogP contribution >= 0.6 is 0 Å². The van der Waals surface area contributed by atoms with Crippen LogP contribution in [0.1, 0.15) is 39.5 Å². The third kappa shape index (κ3) is 8.03. The molecule has 0 bridgehead atoms. The molecule has 0 aliphatic carbocycles. The molecule has 0 saturated heterocycles. The van der Waals surface area contributed by atoms with Crippen molar-refractivity contribution in [3.63, 3.8) is 0 Å². The van der Waals surface area contributed by atoms with E-state index in [1.807, 2.05) is 0 Å². The lowest BCUT2D eigenvalue weighted by Crippen LogP contribution is -2.30. The highest BCUT2D eigenvalue weighted by Crippen LogP contribution is 2.17. The van der Waals surface area contributed by atoms with Crippen LogP contribution in [0.5, 0.6) is 0 Å². The third-order valence-corrected chi connectivity index (χ3v) is 2.28. The second-order valence-electron chi connectivity index (χ2n) is 4.43. The number of aliphatic hydroxyl groups excluding tert-OH is 1. The van der Waals surface area contributed by atoms with Gasteiger partial charge in [0.25, 0.3) is 0 Å². The quantitative estimate of drug-likeness (QED) is 0.583. The molecule has 0 spiro atoms. The number of aliphatic hydroxyl groups is 1. The topological polar surface area (TPSA) is 56.0 Å². The van der Waals surface area contributed by atoms with Crippen LogP contribution < -0.4 is 5.32 Å². The van der Waals surface area contributed by atoms with E-state index in [1.54, 1.807) is 0 Å². The molecule has 82 valence electrons. The lowest BCUT2D eigenvalue weighted by atomic mass is 9.90. The van der Waals surface area contributed by atoms with Crippen LogP contribution in [0.25, 0.3) is 0 Å². The molecule has 0 aromatic carbocycles. The smallest absolute Gasteiger partial charge is 0.0621 e. The van der Waals surface area contributed by atoms with Gasteiger partial charge in [-0.25, -0.2) is 0 Å². The lowest BCUT2D eigenvalue weighted by Gasteiger charge is -2.23. The lowest BCUT2D eigenvalue weighted by molar-refractivity contribution is 0.207. The molecule has 3 heteroatoms. The van der Waals surface area contributed by atoms with Crippen molar-refractivity contribution in [2.75, 3.05) is 19.7 Å². The second-order valence-corrected chi connectivity index (χ2v) is 4.43. The Morgan fingerprint density at radius 3 is 2.64 bits per heavy atom. The zero-order valence-electron chi connectivity index (χ0n) is 9.34. The van der Waals surface area contributed by atoms with Crippen molar-refractivity contribution in [1.29, 1.82) is 5.26 Å². The van der Waals surface area contributed by atoms with Gasteiger partial charge in [0.15, 0.2) is 0 Å². The van der Waals surface area contributed by atoms with Crippen molar-refractivity contribution >= 4 is 0 Å². The minimum atomic E-state index is 0.171. The van der Waals surface area contributed by atoms with Gasteiger partial charge < -0.3 is 10.4 Å². The first kappa shape index (κ1) is 13.4. The molecule has 0 unspecified atom stereocenters. The summed E-state index contributed by atoms with van der Waals surface area (Å²) in [4.78, 5) is 0. The van der Waals surface area contributed by atoms with Gasteiger partial charge in [0, 0.05) is 19.6 Å². The number of nitriles is 1. The predicted octanol–water partition coefficient (Wildman–Crippen LogP) is 1.68. The van der Waals surface area contributed by atoms with Gasteiger partial charge in [-0.3, -0.25) is 0 Å². The minimum Gasteiger partial charge on any atom is -0.396 e. The van der Waals surface area contributed by atoms with Gasteiger partial charge >= 0.3 is 0 Å². The average molecular weight is 198 g/mol.